The van der Waals surface area contributed by atoms with E-state index in [0.717, 1.165) is 13.0 Å². The Balaban J connectivity index is 3.30. The Kier molecular flexibility index (Phi) is 5.36. The molecule has 0 saturated carbocycles. The third-order valence-corrected chi connectivity index (χ3v) is 3.86. The van der Waals surface area contributed by atoms with Crippen LogP contribution in [-0.4, -0.2) is 25.5 Å². The van der Waals surface area contributed by atoms with E-state index in [1.807, 2.05) is 0 Å². The highest BCUT2D eigenvalue weighted by atomic mass is 15.1. The van der Waals surface area contributed by atoms with Crippen molar-refractivity contribution in [3.63, 3.8) is 0 Å². The molecule has 2 atom stereocenters. The lowest BCUT2D eigenvalue weighted by atomic mass is 9.84. The molecule has 0 aliphatic carbocycles. The molecule has 1 aromatic rings. The fourth-order valence-corrected chi connectivity index (χ4v) is 3.09. The molecule has 0 aromatic heterocycles. The van der Waals surface area contributed by atoms with Crippen molar-refractivity contribution in [1.82, 2.24) is 4.90 Å². The standard InChI is InChI=1S/C16H28N2/c1-7-14(10-17)16(18(5)6)15-12(3)8-11(2)9-13(15)4/h8-9,14,16H,7,10,17H2,1-6H3. The zero-order valence-corrected chi connectivity index (χ0v) is 12.7. The molecule has 2 unspecified atom stereocenters. The first-order valence-electron chi connectivity index (χ1n) is 6.86. The van der Waals surface area contributed by atoms with Crippen LogP contribution < -0.4 is 5.73 Å². The molecule has 2 nitrogen and oxygen atoms in total. The van der Waals surface area contributed by atoms with Crippen molar-refractivity contribution in [1.29, 1.82) is 0 Å². The Morgan fingerprint density at radius 2 is 1.61 bits per heavy atom. The smallest absolute Gasteiger partial charge is 0.0387 e. The summed E-state index contributed by atoms with van der Waals surface area (Å²) in [4.78, 5) is 2.31. The molecule has 1 aromatic carbocycles. The molecule has 0 bridgehead atoms. The molecule has 0 heterocycles. The lowest BCUT2D eigenvalue weighted by Crippen LogP contribution is -2.32. The van der Waals surface area contributed by atoms with E-state index in [9.17, 15) is 0 Å². The van der Waals surface area contributed by atoms with Crippen LogP contribution in [0.15, 0.2) is 12.1 Å². The van der Waals surface area contributed by atoms with Crippen LogP contribution in [0.4, 0.5) is 0 Å². The van der Waals surface area contributed by atoms with E-state index < -0.39 is 0 Å². The predicted octanol–water partition coefficient (Wildman–Crippen LogP) is 3.20. The maximum Gasteiger partial charge on any atom is 0.0387 e. The van der Waals surface area contributed by atoms with Crippen molar-refractivity contribution in [2.45, 2.75) is 40.2 Å². The van der Waals surface area contributed by atoms with Gasteiger partial charge in [0.2, 0.25) is 0 Å². The molecule has 0 fully saturated rings. The summed E-state index contributed by atoms with van der Waals surface area (Å²) >= 11 is 0. The molecule has 18 heavy (non-hydrogen) atoms. The number of benzene rings is 1. The molecule has 0 aliphatic heterocycles. The van der Waals surface area contributed by atoms with Crippen LogP contribution >= 0.6 is 0 Å². The quantitative estimate of drug-likeness (QED) is 0.867. The molecular weight excluding hydrogens is 220 g/mol. The van der Waals surface area contributed by atoms with E-state index in [-0.39, 0.29) is 0 Å². The molecule has 0 amide bonds. The fraction of sp³-hybridized carbons (Fsp3) is 0.625. The zero-order valence-electron chi connectivity index (χ0n) is 12.7. The average molecular weight is 248 g/mol. The molecule has 102 valence electrons. The van der Waals surface area contributed by atoms with Crippen LogP contribution in [0.25, 0.3) is 0 Å². The topological polar surface area (TPSA) is 29.3 Å². The van der Waals surface area contributed by atoms with Crippen molar-refractivity contribution in [3.05, 3.63) is 34.4 Å². The van der Waals surface area contributed by atoms with Gasteiger partial charge >= 0.3 is 0 Å². The Morgan fingerprint density at radius 3 is 1.94 bits per heavy atom. The van der Waals surface area contributed by atoms with E-state index >= 15 is 0 Å². The number of aryl methyl sites for hydroxylation is 3. The molecule has 0 aliphatic rings. The lowest BCUT2D eigenvalue weighted by molar-refractivity contribution is 0.209. The van der Waals surface area contributed by atoms with Gasteiger partial charge in [0.15, 0.2) is 0 Å². The van der Waals surface area contributed by atoms with E-state index in [1.54, 1.807) is 0 Å². The van der Waals surface area contributed by atoms with Gasteiger partial charge in [-0.1, -0.05) is 31.0 Å². The van der Waals surface area contributed by atoms with E-state index in [1.165, 1.54) is 22.3 Å². The highest BCUT2D eigenvalue weighted by molar-refractivity contribution is 5.40. The minimum atomic E-state index is 0.417. The SMILES string of the molecule is CCC(CN)C(c1c(C)cc(C)cc1C)N(C)C. The average Bonchev–Trinajstić information content (AvgIpc) is 2.26. The number of nitrogens with two attached hydrogens (primary N) is 1. The van der Waals surface area contributed by atoms with E-state index in [0.29, 0.717) is 12.0 Å². The van der Waals surface area contributed by atoms with Gasteiger partial charge in [-0.15, -0.1) is 0 Å². The summed E-state index contributed by atoms with van der Waals surface area (Å²) in [6.45, 7) is 9.57. The summed E-state index contributed by atoms with van der Waals surface area (Å²) in [5.41, 5.74) is 11.5. The first kappa shape index (κ1) is 15.2. The maximum atomic E-state index is 5.96. The van der Waals surface area contributed by atoms with Gasteiger partial charge in [0.25, 0.3) is 0 Å². The van der Waals surface area contributed by atoms with Crippen molar-refractivity contribution in [2.24, 2.45) is 11.7 Å². The maximum absolute atomic E-state index is 5.96. The lowest BCUT2D eigenvalue weighted by Gasteiger charge is -2.34. The molecule has 0 saturated heterocycles. The minimum absolute atomic E-state index is 0.417. The van der Waals surface area contributed by atoms with E-state index in [2.05, 4.69) is 58.8 Å². The van der Waals surface area contributed by atoms with Gasteiger partial charge in [-0.05, 0) is 64.0 Å². The van der Waals surface area contributed by atoms with Crippen molar-refractivity contribution < 1.29 is 0 Å². The van der Waals surface area contributed by atoms with Gasteiger partial charge in [-0.3, -0.25) is 0 Å². The van der Waals surface area contributed by atoms with Crippen LogP contribution in [0.3, 0.4) is 0 Å². The Labute approximate surface area is 112 Å². The van der Waals surface area contributed by atoms with Crippen LogP contribution in [0.2, 0.25) is 0 Å². The summed E-state index contributed by atoms with van der Waals surface area (Å²) in [6, 6.07) is 4.98. The van der Waals surface area contributed by atoms with Gasteiger partial charge in [0.1, 0.15) is 0 Å². The zero-order chi connectivity index (χ0) is 13.9. The summed E-state index contributed by atoms with van der Waals surface area (Å²) in [5.74, 6) is 0.514. The highest BCUT2D eigenvalue weighted by Crippen LogP contribution is 2.33. The number of hydrogen-bond donors (Lipinski definition) is 1. The van der Waals surface area contributed by atoms with Gasteiger partial charge in [-0.2, -0.15) is 0 Å². The first-order valence-corrected chi connectivity index (χ1v) is 6.86. The third kappa shape index (κ3) is 3.12. The molecule has 0 radical (unpaired) electrons. The molecule has 2 heteroatoms. The second-order valence-electron chi connectivity index (χ2n) is 5.62. The van der Waals surface area contributed by atoms with Gasteiger partial charge < -0.3 is 10.6 Å². The normalized spacial score (nSPS) is 14.9. The number of nitrogens with zero attached hydrogens (tertiary/aromatic N) is 1. The van der Waals surface area contributed by atoms with Crippen LogP contribution in [-0.2, 0) is 0 Å². The largest absolute Gasteiger partial charge is 0.330 e. The molecule has 1 rings (SSSR count). The van der Waals surface area contributed by atoms with Crippen molar-refractivity contribution >= 4 is 0 Å². The minimum Gasteiger partial charge on any atom is -0.330 e. The van der Waals surface area contributed by atoms with Crippen molar-refractivity contribution in [2.75, 3.05) is 20.6 Å². The third-order valence-electron chi connectivity index (χ3n) is 3.86. The van der Waals surface area contributed by atoms with Crippen LogP contribution in [0, 0.1) is 26.7 Å². The molecule has 2 N–H and O–H groups in total. The molecular formula is C16H28N2. The monoisotopic (exact) mass is 248 g/mol. The highest BCUT2D eigenvalue weighted by Gasteiger charge is 2.25. The number of hydrogen-bond acceptors (Lipinski definition) is 2. The Morgan fingerprint density at radius 1 is 1.11 bits per heavy atom. The van der Waals surface area contributed by atoms with Crippen molar-refractivity contribution in [3.8, 4) is 0 Å². The summed E-state index contributed by atoms with van der Waals surface area (Å²) in [5, 5.41) is 0. The second-order valence-corrected chi connectivity index (χ2v) is 5.62. The van der Waals surface area contributed by atoms with E-state index in [4.69, 9.17) is 5.73 Å². The predicted molar refractivity (Wildman–Crippen MR) is 79.9 cm³/mol. The Bertz CT molecular complexity index is 369. The molecule has 0 spiro atoms. The summed E-state index contributed by atoms with van der Waals surface area (Å²) in [6.07, 6.45) is 1.12. The fourth-order valence-electron chi connectivity index (χ4n) is 3.09. The summed E-state index contributed by atoms with van der Waals surface area (Å²) < 4.78 is 0. The van der Waals surface area contributed by atoms with Gasteiger partial charge in [-0.25, -0.2) is 0 Å². The van der Waals surface area contributed by atoms with Gasteiger partial charge in [0, 0.05) is 6.04 Å². The first-order chi connectivity index (χ1) is 8.42. The van der Waals surface area contributed by atoms with Crippen LogP contribution in [0.1, 0.15) is 41.6 Å². The van der Waals surface area contributed by atoms with Gasteiger partial charge in [0.05, 0.1) is 0 Å². The van der Waals surface area contributed by atoms with Crippen LogP contribution in [0.5, 0.6) is 0 Å². The second kappa shape index (κ2) is 6.35. The Hall–Kier alpha value is -0.860. The summed E-state index contributed by atoms with van der Waals surface area (Å²) in [7, 11) is 4.31. The number of rotatable bonds is 5.